The summed E-state index contributed by atoms with van der Waals surface area (Å²) in [6.07, 6.45) is 5.25. The van der Waals surface area contributed by atoms with E-state index < -0.39 is 29.3 Å². The van der Waals surface area contributed by atoms with E-state index in [0.717, 1.165) is 10.8 Å². The van der Waals surface area contributed by atoms with Crippen molar-refractivity contribution in [1.82, 2.24) is 5.01 Å². The zero-order chi connectivity index (χ0) is 21.2. The zero-order valence-electron chi connectivity index (χ0n) is 17.1. The predicted octanol–water partition coefficient (Wildman–Crippen LogP) is 3.17. The number of anilines is 1. The molecule has 0 spiro atoms. The normalized spacial score (nSPS) is 27.7. The molecule has 0 N–H and O–H groups in total. The van der Waals surface area contributed by atoms with Crippen LogP contribution in [0.5, 0.6) is 0 Å². The molecule has 4 atom stereocenters. The minimum atomic E-state index is -0.747. The van der Waals surface area contributed by atoms with Gasteiger partial charge < -0.3 is 0 Å². The number of carbonyl (C=O) groups excluding carboxylic acids is 3. The lowest BCUT2D eigenvalue weighted by Gasteiger charge is -2.33. The Morgan fingerprint density at radius 2 is 1.67 bits per heavy atom. The smallest absolute Gasteiger partial charge is 0.240 e. The van der Waals surface area contributed by atoms with E-state index in [1.54, 1.807) is 23.4 Å². The highest BCUT2D eigenvalue weighted by Crippen LogP contribution is 2.47. The van der Waals surface area contributed by atoms with Crippen LogP contribution in [0.15, 0.2) is 59.7 Å². The number of hydrazone groups is 1. The van der Waals surface area contributed by atoms with Crippen LogP contribution in [-0.4, -0.2) is 40.9 Å². The molecule has 0 aromatic heterocycles. The van der Waals surface area contributed by atoms with Crippen molar-refractivity contribution < 1.29 is 14.4 Å². The van der Waals surface area contributed by atoms with Gasteiger partial charge in [0.25, 0.3) is 0 Å². The molecule has 0 radical (unpaired) electrons. The van der Waals surface area contributed by atoms with Crippen LogP contribution in [0.2, 0.25) is 0 Å². The molecule has 2 aromatic carbocycles. The van der Waals surface area contributed by atoms with Crippen LogP contribution in [-0.2, 0) is 14.4 Å². The minimum absolute atomic E-state index is 0.0750. The van der Waals surface area contributed by atoms with Gasteiger partial charge >= 0.3 is 0 Å². The van der Waals surface area contributed by atoms with Crippen LogP contribution in [0.4, 0.5) is 5.69 Å². The van der Waals surface area contributed by atoms with E-state index in [4.69, 9.17) is 0 Å². The first-order chi connectivity index (χ1) is 14.3. The van der Waals surface area contributed by atoms with E-state index in [0.29, 0.717) is 5.69 Å². The maximum absolute atomic E-state index is 13.6. The maximum atomic E-state index is 13.6. The fraction of sp³-hybridized carbons (Fsp3) is 0.333. The van der Waals surface area contributed by atoms with Gasteiger partial charge in [0.05, 0.1) is 23.6 Å². The number of hydrogen-bond donors (Lipinski definition) is 0. The monoisotopic (exact) mass is 401 g/mol. The number of carbonyl (C=O) groups is 3. The lowest BCUT2D eigenvalue weighted by Crippen LogP contribution is -2.49. The van der Waals surface area contributed by atoms with Crippen LogP contribution >= 0.6 is 0 Å². The molecule has 30 heavy (non-hydrogen) atoms. The largest absolute Gasteiger partial charge is 0.297 e. The first-order valence-corrected chi connectivity index (χ1v) is 10.2. The van der Waals surface area contributed by atoms with Gasteiger partial charge in [-0.25, -0.2) is 4.90 Å². The first kappa shape index (κ1) is 18.7. The Labute approximate surface area is 174 Å². The second kappa shape index (κ2) is 6.36. The molecule has 0 bridgehead atoms. The van der Waals surface area contributed by atoms with Crippen molar-refractivity contribution in [3.8, 4) is 0 Å². The summed E-state index contributed by atoms with van der Waals surface area (Å²) in [6.45, 7) is 5.51. The van der Waals surface area contributed by atoms with Crippen molar-refractivity contribution >= 4 is 40.3 Å². The Kier molecular flexibility index (Phi) is 3.97. The molecule has 6 nitrogen and oxygen atoms in total. The number of ketones is 1. The molecule has 5 rings (SSSR count). The second-order valence-electron chi connectivity index (χ2n) is 9.17. The van der Waals surface area contributed by atoms with Crippen molar-refractivity contribution in [2.75, 3.05) is 4.90 Å². The van der Waals surface area contributed by atoms with Crippen molar-refractivity contribution in [3.05, 3.63) is 54.6 Å². The third kappa shape index (κ3) is 2.56. The average Bonchev–Trinajstić information content (AvgIpc) is 3.19. The number of fused-ring (bicyclic) bond motifs is 4. The molecule has 2 fully saturated rings. The third-order valence-electron chi connectivity index (χ3n) is 6.29. The molecule has 0 saturated carbocycles. The van der Waals surface area contributed by atoms with E-state index in [1.165, 1.54) is 4.90 Å². The highest BCUT2D eigenvalue weighted by molar-refractivity contribution is 6.24. The highest BCUT2D eigenvalue weighted by atomic mass is 16.2. The quantitative estimate of drug-likeness (QED) is 0.725. The number of rotatable bonds is 2. The van der Waals surface area contributed by atoms with Crippen molar-refractivity contribution in [1.29, 1.82) is 0 Å². The predicted molar refractivity (Wildman–Crippen MR) is 115 cm³/mol. The van der Waals surface area contributed by atoms with Gasteiger partial charge in [0.1, 0.15) is 6.04 Å². The van der Waals surface area contributed by atoms with Crippen LogP contribution in [0.3, 0.4) is 0 Å². The van der Waals surface area contributed by atoms with Gasteiger partial charge in [0.2, 0.25) is 11.8 Å². The summed E-state index contributed by atoms with van der Waals surface area (Å²) in [5.41, 5.74) is -0.101. The lowest BCUT2D eigenvalue weighted by atomic mass is 9.80. The second-order valence-corrected chi connectivity index (χ2v) is 9.17. The molecule has 3 aliphatic heterocycles. The Hall–Kier alpha value is -3.28. The zero-order valence-corrected chi connectivity index (χ0v) is 17.1. The number of imide groups is 1. The highest BCUT2D eigenvalue weighted by Gasteiger charge is 2.64. The number of nitrogens with zero attached hydrogens (tertiary/aromatic N) is 3. The number of hydrogen-bond acceptors (Lipinski definition) is 5. The summed E-state index contributed by atoms with van der Waals surface area (Å²) >= 11 is 0. The van der Waals surface area contributed by atoms with E-state index in [9.17, 15) is 14.4 Å². The fourth-order valence-corrected chi connectivity index (χ4v) is 4.85. The standard InChI is InChI=1S/C24H23N3O3/c1-24(2,3)21(28)20-19-18(17-9-6-12-25-27(17)20)22(29)26(23(19)30)16-11-10-14-7-4-5-8-15(14)13-16/h4-13,17-20H,1-3H3. The summed E-state index contributed by atoms with van der Waals surface area (Å²) in [7, 11) is 0. The number of benzene rings is 2. The van der Waals surface area contributed by atoms with Gasteiger partial charge in [-0.05, 0) is 29.0 Å². The Morgan fingerprint density at radius 3 is 2.40 bits per heavy atom. The Balaban J connectivity index is 1.60. The fourth-order valence-electron chi connectivity index (χ4n) is 4.85. The van der Waals surface area contributed by atoms with E-state index >= 15 is 0 Å². The van der Waals surface area contributed by atoms with E-state index in [1.807, 2.05) is 63.2 Å². The molecule has 152 valence electrons. The molecule has 2 amide bonds. The van der Waals surface area contributed by atoms with Crippen LogP contribution in [0.25, 0.3) is 10.8 Å². The SMILES string of the molecule is CC(C)(C)C(=O)C1C2C(=O)N(c3ccc4ccccc4c3)C(=O)C2C2C=CC=NN21. The number of amides is 2. The minimum Gasteiger partial charge on any atom is -0.297 e. The lowest BCUT2D eigenvalue weighted by molar-refractivity contribution is -0.136. The molecule has 2 saturated heterocycles. The average molecular weight is 401 g/mol. The molecular formula is C24H23N3O3. The third-order valence-corrected chi connectivity index (χ3v) is 6.29. The summed E-state index contributed by atoms with van der Waals surface area (Å²) in [5, 5.41) is 8.03. The van der Waals surface area contributed by atoms with Gasteiger partial charge in [-0.15, -0.1) is 0 Å². The van der Waals surface area contributed by atoms with E-state index in [2.05, 4.69) is 5.10 Å². The Bertz CT molecular complexity index is 1140. The van der Waals surface area contributed by atoms with Gasteiger partial charge in [0.15, 0.2) is 5.78 Å². The van der Waals surface area contributed by atoms with E-state index in [-0.39, 0.29) is 17.6 Å². The summed E-state index contributed by atoms with van der Waals surface area (Å²) in [5.74, 6) is -2.01. The van der Waals surface area contributed by atoms with Crippen molar-refractivity contribution in [2.24, 2.45) is 22.4 Å². The van der Waals surface area contributed by atoms with Gasteiger partial charge in [-0.2, -0.15) is 5.10 Å². The summed E-state index contributed by atoms with van der Waals surface area (Å²) in [6, 6.07) is 12.3. The molecule has 4 unspecified atom stereocenters. The molecule has 6 heteroatoms. The van der Waals surface area contributed by atoms with Crippen LogP contribution < -0.4 is 4.90 Å². The van der Waals surface area contributed by atoms with Gasteiger partial charge in [0, 0.05) is 11.6 Å². The van der Waals surface area contributed by atoms with Crippen molar-refractivity contribution in [3.63, 3.8) is 0 Å². The van der Waals surface area contributed by atoms with Crippen LogP contribution in [0.1, 0.15) is 20.8 Å². The van der Waals surface area contributed by atoms with Gasteiger partial charge in [-0.3, -0.25) is 19.4 Å². The Morgan fingerprint density at radius 1 is 0.967 bits per heavy atom. The molecule has 0 aliphatic carbocycles. The molecular weight excluding hydrogens is 378 g/mol. The molecule has 2 aromatic rings. The van der Waals surface area contributed by atoms with Crippen molar-refractivity contribution in [2.45, 2.75) is 32.9 Å². The van der Waals surface area contributed by atoms with Crippen LogP contribution in [0, 0.1) is 17.3 Å². The molecule has 3 aliphatic rings. The summed E-state index contributed by atoms with van der Waals surface area (Å²) < 4.78 is 0. The number of Topliss-reactive ketones (excluding diaryl/α,β-unsaturated/α-hetero) is 1. The topological polar surface area (TPSA) is 70.0 Å². The summed E-state index contributed by atoms with van der Waals surface area (Å²) in [4.78, 5) is 41.6. The first-order valence-electron chi connectivity index (χ1n) is 10.2. The van der Waals surface area contributed by atoms with Gasteiger partial charge in [-0.1, -0.05) is 57.2 Å². The number of allylic oxidation sites excluding steroid dienone is 1. The maximum Gasteiger partial charge on any atom is 0.240 e. The molecule has 3 heterocycles.